The van der Waals surface area contributed by atoms with Crippen molar-refractivity contribution in [3.8, 4) is 5.75 Å². The average Bonchev–Trinajstić information content (AvgIpc) is 2.27. The predicted octanol–water partition coefficient (Wildman–Crippen LogP) is 1.79. The molecule has 0 spiro atoms. The maximum Gasteiger partial charge on any atom is 0.123 e. The van der Waals surface area contributed by atoms with E-state index in [4.69, 9.17) is 4.74 Å². The first-order valence-electron chi connectivity index (χ1n) is 5.85. The zero-order valence-corrected chi connectivity index (χ0v) is 11.3. The minimum atomic E-state index is -0.736. The molecule has 1 aliphatic rings. The highest BCUT2D eigenvalue weighted by atomic mass is 32.2. The van der Waals surface area contributed by atoms with E-state index in [9.17, 15) is 4.21 Å². The van der Waals surface area contributed by atoms with Gasteiger partial charge in [0.2, 0.25) is 0 Å². The van der Waals surface area contributed by atoms with Crippen molar-refractivity contribution in [1.82, 2.24) is 5.32 Å². The van der Waals surface area contributed by atoms with Gasteiger partial charge in [-0.1, -0.05) is 17.7 Å². The Labute approximate surface area is 105 Å². The maximum atomic E-state index is 11.8. The van der Waals surface area contributed by atoms with E-state index in [0.717, 1.165) is 17.1 Å². The molecule has 2 rings (SSSR count). The molecule has 1 aliphatic heterocycles. The highest BCUT2D eigenvalue weighted by molar-refractivity contribution is 7.85. The molecule has 1 aromatic rings. The van der Waals surface area contributed by atoms with Crippen molar-refractivity contribution in [2.24, 2.45) is 0 Å². The van der Waals surface area contributed by atoms with Gasteiger partial charge in [-0.25, -0.2) is 0 Å². The average molecular weight is 253 g/mol. The van der Waals surface area contributed by atoms with Gasteiger partial charge in [-0.2, -0.15) is 0 Å². The quantitative estimate of drug-likeness (QED) is 0.873. The summed E-state index contributed by atoms with van der Waals surface area (Å²) < 4.78 is 17.2. The van der Waals surface area contributed by atoms with Crippen LogP contribution < -0.4 is 10.1 Å². The van der Waals surface area contributed by atoms with Crippen LogP contribution in [0.3, 0.4) is 0 Å². The van der Waals surface area contributed by atoms with Crippen LogP contribution >= 0.6 is 0 Å². The first-order valence-corrected chi connectivity index (χ1v) is 7.34. The molecule has 1 fully saturated rings. The van der Waals surface area contributed by atoms with Crippen LogP contribution in [0.1, 0.15) is 24.1 Å². The number of aryl methyl sites for hydroxylation is 1. The molecule has 0 aromatic heterocycles. The Morgan fingerprint density at radius 1 is 1.41 bits per heavy atom. The molecule has 4 heteroatoms. The minimum absolute atomic E-state index is 0.134. The summed E-state index contributed by atoms with van der Waals surface area (Å²) in [6.07, 6.45) is 0. The van der Waals surface area contributed by atoms with Gasteiger partial charge in [0, 0.05) is 40.0 Å². The molecule has 1 N–H and O–H groups in total. The third kappa shape index (κ3) is 2.87. The third-order valence-electron chi connectivity index (χ3n) is 3.03. The molecule has 3 nitrogen and oxygen atoms in total. The van der Waals surface area contributed by atoms with Gasteiger partial charge in [-0.05, 0) is 19.9 Å². The standard InChI is InChI=1S/C13H19NO2S/c1-9-4-5-13(16-3)11(6-9)12-8-17(15)7-10(2)14-12/h4-6,10,12,14H,7-8H2,1-3H3. The Hall–Kier alpha value is -0.870. The second-order valence-electron chi connectivity index (χ2n) is 4.64. The Morgan fingerprint density at radius 2 is 2.18 bits per heavy atom. The topological polar surface area (TPSA) is 38.3 Å². The van der Waals surface area contributed by atoms with Crippen molar-refractivity contribution >= 4 is 10.8 Å². The van der Waals surface area contributed by atoms with Crippen LogP contribution in [0.5, 0.6) is 5.75 Å². The normalized spacial score (nSPS) is 29.0. The van der Waals surface area contributed by atoms with E-state index in [1.807, 2.05) is 12.1 Å². The highest BCUT2D eigenvalue weighted by Gasteiger charge is 2.26. The molecule has 0 radical (unpaired) electrons. The van der Waals surface area contributed by atoms with Crippen molar-refractivity contribution in [3.63, 3.8) is 0 Å². The van der Waals surface area contributed by atoms with Crippen LogP contribution in [0.4, 0.5) is 0 Å². The zero-order valence-electron chi connectivity index (χ0n) is 10.5. The van der Waals surface area contributed by atoms with Crippen LogP contribution in [0.2, 0.25) is 0 Å². The van der Waals surface area contributed by atoms with Gasteiger partial charge in [-0.3, -0.25) is 4.21 Å². The van der Waals surface area contributed by atoms with Crippen molar-refractivity contribution in [2.75, 3.05) is 18.6 Å². The Kier molecular flexibility index (Phi) is 3.84. The fraction of sp³-hybridized carbons (Fsp3) is 0.538. The van der Waals surface area contributed by atoms with Crippen LogP contribution in [0.15, 0.2) is 18.2 Å². The number of nitrogens with one attached hydrogen (secondary N) is 1. The Balaban J connectivity index is 2.31. The van der Waals surface area contributed by atoms with E-state index in [-0.39, 0.29) is 6.04 Å². The number of benzene rings is 1. The highest BCUT2D eigenvalue weighted by Crippen LogP contribution is 2.29. The van der Waals surface area contributed by atoms with Gasteiger partial charge in [0.15, 0.2) is 0 Å². The first-order chi connectivity index (χ1) is 8.10. The van der Waals surface area contributed by atoms with Crippen molar-refractivity contribution < 1.29 is 8.95 Å². The van der Waals surface area contributed by atoms with Gasteiger partial charge in [0.1, 0.15) is 5.75 Å². The third-order valence-corrected chi connectivity index (χ3v) is 4.61. The summed E-state index contributed by atoms with van der Waals surface area (Å²) in [7, 11) is 0.942. The molecule has 1 aromatic carbocycles. The number of rotatable bonds is 2. The van der Waals surface area contributed by atoms with E-state index in [0.29, 0.717) is 11.8 Å². The summed E-state index contributed by atoms with van der Waals surface area (Å²) in [6, 6.07) is 6.56. The molecule has 3 unspecified atom stereocenters. The number of hydrogen-bond acceptors (Lipinski definition) is 3. The molecule has 0 aliphatic carbocycles. The molecule has 1 heterocycles. The molecule has 0 amide bonds. The SMILES string of the molecule is COc1ccc(C)cc1C1CS(=O)CC(C)N1. The Bertz CT molecular complexity index is 433. The van der Waals surface area contributed by atoms with Gasteiger partial charge in [0.05, 0.1) is 7.11 Å². The van der Waals surface area contributed by atoms with Crippen molar-refractivity contribution in [2.45, 2.75) is 25.9 Å². The summed E-state index contributed by atoms with van der Waals surface area (Å²) in [5.41, 5.74) is 2.32. The van der Waals surface area contributed by atoms with Gasteiger partial charge in [0.25, 0.3) is 0 Å². The smallest absolute Gasteiger partial charge is 0.123 e. The second kappa shape index (κ2) is 5.19. The molecule has 0 bridgehead atoms. The summed E-state index contributed by atoms with van der Waals surface area (Å²) in [4.78, 5) is 0. The predicted molar refractivity (Wildman–Crippen MR) is 70.9 cm³/mol. The number of hydrogen-bond donors (Lipinski definition) is 1. The summed E-state index contributed by atoms with van der Waals surface area (Å²) >= 11 is 0. The molecule has 0 saturated carbocycles. The fourth-order valence-electron chi connectivity index (χ4n) is 2.28. The van der Waals surface area contributed by atoms with Crippen molar-refractivity contribution in [1.29, 1.82) is 0 Å². The second-order valence-corrected chi connectivity index (χ2v) is 6.19. The fourth-order valence-corrected chi connectivity index (χ4v) is 3.72. The van der Waals surface area contributed by atoms with Crippen LogP contribution in [-0.4, -0.2) is 28.9 Å². The van der Waals surface area contributed by atoms with Gasteiger partial charge >= 0.3 is 0 Å². The van der Waals surface area contributed by atoms with E-state index in [1.54, 1.807) is 7.11 Å². The zero-order chi connectivity index (χ0) is 12.4. The van der Waals surface area contributed by atoms with E-state index >= 15 is 0 Å². The lowest BCUT2D eigenvalue weighted by molar-refractivity contribution is 0.396. The van der Waals surface area contributed by atoms with E-state index in [2.05, 4.69) is 25.2 Å². The molecule has 17 heavy (non-hydrogen) atoms. The van der Waals surface area contributed by atoms with Gasteiger partial charge < -0.3 is 10.1 Å². The molecule has 3 atom stereocenters. The molecule has 94 valence electrons. The number of methoxy groups -OCH3 is 1. The van der Waals surface area contributed by atoms with Crippen LogP contribution in [0.25, 0.3) is 0 Å². The lowest BCUT2D eigenvalue weighted by atomic mass is 10.0. The Morgan fingerprint density at radius 3 is 2.82 bits per heavy atom. The number of ether oxygens (including phenoxy) is 1. The summed E-state index contributed by atoms with van der Waals surface area (Å²) in [6.45, 7) is 4.14. The van der Waals surface area contributed by atoms with Crippen LogP contribution in [0, 0.1) is 6.92 Å². The lowest BCUT2D eigenvalue weighted by Crippen LogP contribution is -2.43. The minimum Gasteiger partial charge on any atom is -0.496 e. The van der Waals surface area contributed by atoms with E-state index < -0.39 is 10.8 Å². The maximum absolute atomic E-state index is 11.8. The first kappa shape index (κ1) is 12.6. The molecular formula is C13H19NO2S. The lowest BCUT2D eigenvalue weighted by Gasteiger charge is -2.29. The monoisotopic (exact) mass is 253 g/mol. The summed E-state index contributed by atoms with van der Waals surface area (Å²) in [5, 5.41) is 3.49. The largest absolute Gasteiger partial charge is 0.496 e. The molecular weight excluding hydrogens is 234 g/mol. The molecule has 1 saturated heterocycles. The van der Waals surface area contributed by atoms with Gasteiger partial charge in [-0.15, -0.1) is 0 Å². The van der Waals surface area contributed by atoms with Crippen molar-refractivity contribution in [3.05, 3.63) is 29.3 Å². The van der Waals surface area contributed by atoms with E-state index in [1.165, 1.54) is 5.56 Å². The van der Waals surface area contributed by atoms with Crippen LogP contribution in [-0.2, 0) is 10.8 Å². The summed E-state index contributed by atoms with van der Waals surface area (Å²) in [5.74, 6) is 2.29.